The molecule has 1 aromatic rings. The van der Waals surface area contributed by atoms with Gasteiger partial charge in [0.2, 0.25) is 0 Å². The van der Waals surface area contributed by atoms with Crippen LogP contribution in [-0.2, 0) is 12.8 Å². The predicted molar refractivity (Wildman–Crippen MR) is 109 cm³/mol. The first-order valence-electron chi connectivity index (χ1n) is 10.9. The van der Waals surface area contributed by atoms with E-state index in [-0.39, 0.29) is 0 Å². The molecular formula is C24H35N2+. The summed E-state index contributed by atoms with van der Waals surface area (Å²) in [6.45, 7) is 6.30. The summed E-state index contributed by atoms with van der Waals surface area (Å²) < 4.78 is 0. The van der Waals surface area contributed by atoms with Gasteiger partial charge >= 0.3 is 0 Å². The molecule has 4 rings (SSSR count). The summed E-state index contributed by atoms with van der Waals surface area (Å²) in [5.74, 6) is 0. The summed E-state index contributed by atoms with van der Waals surface area (Å²) >= 11 is 0. The van der Waals surface area contributed by atoms with Crippen LogP contribution in [0.15, 0.2) is 48.2 Å². The highest BCUT2D eigenvalue weighted by Gasteiger charge is 2.30. The largest absolute Gasteiger partial charge is 0.371 e. The molecule has 2 atom stereocenters. The summed E-state index contributed by atoms with van der Waals surface area (Å²) in [6.07, 6.45) is 17.5. The van der Waals surface area contributed by atoms with E-state index in [1.54, 1.807) is 16.8 Å². The lowest BCUT2D eigenvalue weighted by molar-refractivity contribution is -0.929. The molecule has 1 aromatic carbocycles. The molecule has 2 aliphatic carbocycles. The maximum atomic E-state index is 2.80. The van der Waals surface area contributed by atoms with Gasteiger partial charge in [0.15, 0.2) is 0 Å². The number of hydrogen-bond donors (Lipinski definition) is 1. The molecule has 3 aliphatic rings. The summed E-state index contributed by atoms with van der Waals surface area (Å²) in [7, 11) is 0. The Balaban J connectivity index is 1.47. The topological polar surface area (TPSA) is 7.68 Å². The van der Waals surface area contributed by atoms with Gasteiger partial charge in [0.25, 0.3) is 0 Å². The number of hydrogen-bond acceptors (Lipinski definition) is 1. The minimum Gasteiger partial charge on any atom is -0.371 e. The zero-order chi connectivity index (χ0) is 17.8. The standard InChI is InChI=1S/C24H34N2/c1-2-25-16-9-8-12-22(25)15-17-26(23-13-4-3-5-14-23)24-18-20-10-6-7-11-21(20)19-24/h3-4,6-7,10-11,13,22,24H,2,5,8-9,12,14-19H2,1H3/p+1/t22-/m0/s1. The van der Waals surface area contributed by atoms with Gasteiger partial charge in [0, 0.05) is 24.7 Å². The van der Waals surface area contributed by atoms with E-state index in [0.717, 1.165) is 6.04 Å². The van der Waals surface area contributed by atoms with Gasteiger partial charge in [-0.1, -0.05) is 36.4 Å². The van der Waals surface area contributed by atoms with E-state index in [1.165, 1.54) is 71.0 Å². The second-order valence-electron chi connectivity index (χ2n) is 8.39. The Morgan fingerprint density at radius 1 is 1.12 bits per heavy atom. The smallest absolute Gasteiger partial charge is 0.0891 e. The number of rotatable bonds is 6. The van der Waals surface area contributed by atoms with Crippen molar-refractivity contribution in [1.82, 2.24) is 4.90 Å². The van der Waals surface area contributed by atoms with E-state index in [1.807, 2.05) is 4.90 Å². The number of likely N-dealkylation sites (tertiary alicyclic amines) is 1. The minimum atomic E-state index is 0.666. The number of nitrogens with one attached hydrogen (secondary N) is 1. The fraction of sp³-hybridized carbons (Fsp3) is 0.583. The van der Waals surface area contributed by atoms with Gasteiger partial charge in [0.05, 0.1) is 19.1 Å². The highest BCUT2D eigenvalue weighted by molar-refractivity contribution is 5.34. The highest BCUT2D eigenvalue weighted by Crippen LogP contribution is 2.30. The molecule has 1 fully saturated rings. The summed E-state index contributed by atoms with van der Waals surface area (Å²) in [6, 6.07) is 10.6. The molecule has 0 amide bonds. The van der Waals surface area contributed by atoms with Crippen LogP contribution in [0.3, 0.4) is 0 Å². The molecule has 1 saturated heterocycles. The Morgan fingerprint density at radius 2 is 1.92 bits per heavy atom. The molecular weight excluding hydrogens is 316 g/mol. The molecule has 140 valence electrons. The third kappa shape index (κ3) is 3.91. The van der Waals surface area contributed by atoms with Gasteiger partial charge < -0.3 is 9.80 Å². The number of piperidine rings is 1. The SMILES string of the molecule is CC[NH+]1CCCC[C@H]1CCN(C1=CC=CCC1)C1Cc2ccccc2C1. The van der Waals surface area contributed by atoms with E-state index in [0.29, 0.717) is 6.04 Å². The van der Waals surface area contributed by atoms with Crippen LogP contribution in [-0.4, -0.2) is 36.6 Å². The van der Waals surface area contributed by atoms with Crippen LogP contribution in [0.4, 0.5) is 0 Å². The van der Waals surface area contributed by atoms with E-state index in [4.69, 9.17) is 0 Å². The average Bonchev–Trinajstić information content (AvgIpc) is 3.13. The van der Waals surface area contributed by atoms with Gasteiger partial charge in [-0.25, -0.2) is 0 Å². The Bertz CT molecular complexity index is 635. The fourth-order valence-electron chi connectivity index (χ4n) is 5.41. The van der Waals surface area contributed by atoms with Gasteiger partial charge in [0.1, 0.15) is 0 Å². The quantitative estimate of drug-likeness (QED) is 0.824. The van der Waals surface area contributed by atoms with Crippen LogP contribution in [0.5, 0.6) is 0 Å². The van der Waals surface area contributed by atoms with Crippen molar-refractivity contribution in [3.63, 3.8) is 0 Å². The number of nitrogens with zero attached hydrogens (tertiary/aromatic N) is 1. The molecule has 1 aliphatic heterocycles. The second kappa shape index (κ2) is 8.43. The molecule has 2 nitrogen and oxygen atoms in total. The zero-order valence-corrected chi connectivity index (χ0v) is 16.4. The van der Waals surface area contributed by atoms with E-state index >= 15 is 0 Å². The maximum absolute atomic E-state index is 2.80. The van der Waals surface area contributed by atoms with Crippen molar-refractivity contribution < 1.29 is 4.90 Å². The average molecular weight is 352 g/mol. The van der Waals surface area contributed by atoms with Crippen LogP contribution in [0, 0.1) is 0 Å². The monoisotopic (exact) mass is 351 g/mol. The van der Waals surface area contributed by atoms with Crippen molar-refractivity contribution >= 4 is 0 Å². The molecule has 0 aromatic heterocycles. The van der Waals surface area contributed by atoms with Gasteiger partial charge in [-0.15, -0.1) is 0 Å². The minimum absolute atomic E-state index is 0.666. The van der Waals surface area contributed by atoms with Crippen LogP contribution in [0.1, 0.15) is 56.6 Å². The van der Waals surface area contributed by atoms with Crippen LogP contribution >= 0.6 is 0 Å². The van der Waals surface area contributed by atoms with Crippen molar-refractivity contribution in [2.45, 2.75) is 70.4 Å². The normalized spacial score (nSPS) is 25.8. The molecule has 1 heterocycles. The Morgan fingerprint density at radius 3 is 2.62 bits per heavy atom. The van der Waals surface area contributed by atoms with E-state index in [2.05, 4.69) is 54.3 Å². The van der Waals surface area contributed by atoms with Crippen molar-refractivity contribution in [2.24, 2.45) is 0 Å². The summed E-state index contributed by atoms with van der Waals surface area (Å²) in [4.78, 5) is 4.65. The lowest BCUT2D eigenvalue weighted by Crippen LogP contribution is -3.16. The third-order valence-corrected chi connectivity index (χ3v) is 6.88. The first-order chi connectivity index (χ1) is 12.8. The molecule has 1 unspecified atom stereocenters. The highest BCUT2D eigenvalue weighted by atomic mass is 15.2. The van der Waals surface area contributed by atoms with E-state index < -0.39 is 0 Å². The van der Waals surface area contributed by atoms with Gasteiger partial charge in [-0.3, -0.25) is 0 Å². The molecule has 0 bridgehead atoms. The van der Waals surface area contributed by atoms with Crippen LogP contribution in [0.25, 0.3) is 0 Å². The van der Waals surface area contributed by atoms with E-state index in [9.17, 15) is 0 Å². The van der Waals surface area contributed by atoms with Crippen LogP contribution in [0.2, 0.25) is 0 Å². The van der Waals surface area contributed by atoms with Crippen LogP contribution < -0.4 is 4.90 Å². The lowest BCUT2D eigenvalue weighted by Gasteiger charge is -2.37. The molecule has 0 spiro atoms. The summed E-state index contributed by atoms with van der Waals surface area (Å²) in [5, 5.41) is 0. The number of benzene rings is 1. The van der Waals surface area contributed by atoms with Gasteiger partial charge in [-0.2, -0.15) is 0 Å². The Kier molecular flexibility index (Phi) is 5.79. The first kappa shape index (κ1) is 17.9. The second-order valence-corrected chi connectivity index (χ2v) is 8.39. The molecule has 0 radical (unpaired) electrons. The Labute approximate surface area is 159 Å². The Hall–Kier alpha value is -1.54. The first-order valence-corrected chi connectivity index (χ1v) is 10.9. The fourth-order valence-corrected chi connectivity index (χ4v) is 5.41. The van der Waals surface area contributed by atoms with Crippen molar-refractivity contribution in [3.05, 3.63) is 59.3 Å². The van der Waals surface area contributed by atoms with Crippen molar-refractivity contribution in [2.75, 3.05) is 19.6 Å². The van der Waals surface area contributed by atoms with Crippen molar-refractivity contribution in [1.29, 1.82) is 0 Å². The molecule has 2 heteroatoms. The summed E-state index contributed by atoms with van der Waals surface area (Å²) in [5.41, 5.74) is 4.74. The number of quaternary nitrogens is 1. The molecule has 0 saturated carbocycles. The molecule has 1 N–H and O–H groups in total. The number of allylic oxidation sites excluding steroid dienone is 4. The van der Waals surface area contributed by atoms with Crippen molar-refractivity contribution in [3.8, 4) is 0 Å². The van der Waals surface area contributed by atoms with Gasteiger partial charge in [-0.05, 0) is 69.1 Å². The number of fused-ring (bicyclic) bond motifs is 1. The lowest BCUT2D eigenvalue weighted by atomic mass is 9.98. The predicted octanol–water partition coefficient (Wildman–Crippen LogP) is 3.54. The molecule has 26 heavy (non-hydrogen) atoms. The third-order valence-electron chi connectivity index (χ3n) is 6.88. The maximum Gasteiger partial charge on any atom is 0.0891 e. The zero-order valence-electron chi connectivity index (χ0n) is 16.4.